The van der Waals surface area contributed by atoms with Crippen LogP contribution in [0.1, 0.15) is 33.6 Å². The first kappa shape index (κ1) is 25.3. The maximum atomic E-state index is 12.5. The monoisotopic (exact) mass is 403 g/mol. The van der Waals surface area contributed by atoms with E-state index in [-0.39, 0.29) is 12.3 Å². The quantitative estimate of drug-likeness (QED) is 0.175. The summed E-state index contributed by atoms with van der Waals surface area (Å²) in [6, 6.07) is -4.98. The van der Waals surface area contributed by atoms with E-state index in [0.29, 0.717) is 0 Å². The SMILES string of the molecule is CC(C)CC(NC(=O)C(N)CC(N)=O)C(=O)NC(CO)C(=O)NC(C)C(=O)O. The smallest absolute Gasteiger partial charge is 0.325 e. The summed E-state index contributed by atoms with van der Waals surface area (Å²) < 4.78 is 0. The van der Waals surface area contributed by atoms with Gasteiger partial charge in [-0.05, 0) is 19.3 Å². The number of nitrogens with two attached hydrogens (primary N) is 2. The summed E-state index contributed by atoms with van der Waals surface area (Å²) in [5, 5.41) is 24.9. The van der Waals surface area contributed by atoms with Crippen molar-refractivity contribution in [3.05, 3.63) is 0 Å². The van der Waals surface area contributed by atoms with Gasteiger partial charge in [0.1, 0.15) is 18.1 Å². The highest BCUT2D eigenvalue weighted by atomic mass is 16.4. The highest BCUT2D eigenvalue weighted by molar-refractivity contribution is 5.95. The van der Waals surface area contributed by atoms with Crippen LogP contribution in [0.2, 0.25) is 0 Å². The first-order valence-corrected chi connectivity index (χ1v) is 8.67. The number of nitrogens with one attached hydrogen (secondary N) is 3. The van der Waals surface area contributed by atoms with Gasteiger partial charge in [0, 0.05) is 0 Å². The Morgan fingerprint density at radius 3 is 1.82 bits per heavy atom. The van der Waals surface area contributed by atoms with Crippen molar-refractivity contribution >= 4 is 29.6 Å². The van der Waals surface area contributed by atoms with Crippen molar-refractivity contribution in [1.29, 1.82) is 0 Å². The molecule has 0 bridgehead atoms. The topological polar surface area (TPSA) is 214 Å². The Morgan fingerprint density at radius 1 is 0.893 bits per heavy atom. The molecule has 4 amide bonds. The fraction of sp³-hybridized carbons (Fsp3) is 0.688. The van der Waals surface area contributed by atoms with E-state index in [1.54, 1.807) is 13.8 Å². The summed E-state index contributed by atoms with van der Waals surface area (Å²) in [6.07, 6.45) is -0.219. The Balaban J connectivity index is 5.12. The molecule has 160 valence electrons. The Kier molecular flexibility index (Phi) is 10.7. The fourth-order valence-corrected chi connectivity index (χ4v) is 2.13. The number of aliphatic carboxylic acids is 1. The van der Waals surface area contributed by atoms with Crippen molar-refractivity contribution in [3.63, 3.8) is 0 Å². The van der Waals surface area contributed by atoms with Gasteiger partial charge in [-0.15, -0.1) is 0 Å². The molecule has 4 atom stereocenters. The predicted octanol–water partition coefficient (Wildman–Crippen LogP) is -3.21. The molecule has 12 nitrogen and oxygen atoms in total. The minimum Gasteiger partial charge on any atom is -0.480 e. The molecule has 0 heterocycles. The molecule has 0 radical (unpaired) electrons. The number of hydrogen-bond donors (Lipinski definition) is 7. The van der Waals surface area contributed by atoms with Crippen LogP contribution in [0, 0.1) is 5.92 Å². The number of carboxylic acids is 1. The molecule has 0 fully saturated rings. The van der Waals surface area contributed by atoms with Crippen LogP contribution in [0.3, 0.4) is 0 Å². The number of carbonyl (C=O) groups excluding carboxylic acids is 4. The van der Waals surface area contributed by atoms with E-state index >= 15 is 0 Å². The molecule has 0 aliphatic rings. The molecule has 0 rings (SSSR count). The molecular formula is C16H29N5O7. The van der Waals surface area contributed by atoms with Crippen LogP contribution in [-0.4, -0.2) is 70.6 Å². The summed E-state index contributed by atoms with van der Waals surface area (Å²) in [7, 11) is 0. The number of amides is 4. The zero-order valence-corrected chi connectivity index (χ0v) is 16.1. The van der Waals surface area contributed by atoms with Gasteiger partial charge in [-0.25, -0.2) is 0 Å². The molecule has 0 spiro atoms. The van der Waals surface area contributed by atoms with E-state index in [0.717, 1.165) is 0 Å². The molecule has 4 unspecified atom stereocenters. The van der Waals surface area contributed by atoms with Gasteiger partial charge in [-0.1, -0.05) is 13.8 Å². The number of carboxylic acid groups (broad SMARTS) is 1. The Morgan fingerprint density at radius 2 is 1.39 bits per heavy atom. The summed E-state index contributed by atoms with van der Waals surface area (Å²) in [4.78, 5) is 58.2. The standard InChI is InChI=1S/C16H29N5O7/c1-7(2)4-10(20-13(24)9(17)5-12(18)23)14(25)21-11(6-22)15(26)19-8(3)16(27)28/h7-11,22H,4-6,17H2,1-3H3,(H2,18,23)(H,19,26)(H,20,24)(H,21,25)(H,27,28). The van der Waals surface area contributed by atoms with Crippen LogP contribution in [0.25, 0.3) is 0 Å². The fourth-order valence-electron chi connectivity index (χ4n) is 2.13. The number of aliphatic hydroxyl groups excluding tert-OH is 1. The molecule has 0 aliphatic carbocycles. The van der Waals surface area contributed by atoms with E-state index < -0.39 is 66.8 Å². The largest absolute Gasteiger partial charge is 0.480 e. The lowest BCUT2D eigenvalue weighted by molar-refractivity contribution is -0.142. The van der Waals surface area contributed by atoms with Crippen LogP contribution in [-0.2, 0) is 24.0 Å². The molecule has 0 saturated heterocycles. The van der Waals surface area contributed by atoms with Crippen LogP contribution in [0.4, 0.5) is 0 Å². The summed E-state index contributed by atoms with van der Waals surface area (Å²) in [5.74, 6) is -4.54. The highest BCUT2D eigenvalue weighted by Crippen LogP contribution is 2.06. The van der Waals surface area contributed by atoms with E-state index in [1.807, 2.05) is 0 Å². The minimum absolute atomic E-state index is 0.0307. The summed E-state index contributed by atoms with van der Waals surface area (Å²) in [5.41, 5.74) is 10.5. The molecule has 12 heteroatoms. The van der Waals surface area contributed by atoms with Crippen LogP contribution in [0.5, 0.6) is 0 Å². The average molecular weight is 403 g/mol. The third-order valence-corrected chi connectivity index (χ3v) is 3.64. The van der Waals surface area contributed by atoms with Gasteiger partial charge in [0.25, 0.3) is 0 Å². The van der Waals surface area contributed by atoms with Gasteiger partial charge in [0.05, 0.1) is 19.1 Å². The molecule has 0 aromatic rings. The number of primary amides is 1. The Labute approximate surface area is 162 Å². The van der Waals surface area contributed by atoms with Gasteiger partial charge in [0.15, 0.2) is 0 Å². The van der Waals surface area contributed by atoms with Crippen molar-refractivity contribution in [1.82, 2.24) is 16.0 Å². The molecule has 0 aromatic heterocycles. The van der Waals surface area contributed by atoms with Gasteiger partial charge >= 0.3 is 5.97 Å². The third-order valence-electron chi connectivity index (χ3n) is 3.64. The van der Waals surface area contributed by atoms with Gasteiger partial charge in [-0.2, -0.15) is 0 Å². The lowest BCUT2D eigenvalue weighted by atomic mass is 10.0. The van der Waals surface area contributed by atoms with Crippen molar-refractivity contribution in [2.75, 3.05) is 6.61 Å². The third kappa shape index (κ3) is 9.28. The lowest BCUT2D eigenvalue weighted by Gasteiger charge is -2.24. The Bertz CT molecular complexity index is 596. The first-order valence-electron chi connectivity index (χ1n) is 8.67. The lowest BCUT2D eigenvalue weighted by Crippen LogP contribution is -2.58. The van der Waals surface area contributed by atoms with Crippen molar-refractivity contribution in [2.24, 2.45) is 17.4 Å². The van der Waals surface area contributed by atoms with Gasteiger partial charge in [0.2, 0.25) is 23.6 Å². The Hall–Kier alpha value is -2.73. The predicted molar refractivity (Wildman–Crippen MR) is 97.4 cm³/mol. The van der Waals surface area contributed by atoms with Crippen LogP contribution < -0.4 is 27.4 Å². The highest BCUT2D eigenvalue weighted by Gasteiger charge is 2.29. The van der Waals surface area contributed by atoms with Crippen LogP contribution >= 0.6 is 0 Å². The maximum absolute atomic E-state index is 12.5. The first-order chi connectivity index (χ1) is 12.9. The molecule has 9 N–H and O–H groups in total. The number of hydrogen-bond acceptors (Lipinski definition) is 7. The summed E-state index contributed by atoms with van der Waals surface area (Å²) >= 11 is 0. The van der Waals surface area contributed by atoms with E-state index in [1.165, 1.54) is 6.92 Å². The molecule has 0 aliphatic heterocycles. The molecule has 0 aromatic carbocycles. The molecule has 28 heavy (non-hydrogen) atoms. The maximum Gasteiger partial charge on any atom is 0.325 e. The van der Waals surface area contributed by atoms with Gasteiger partial charge in [-0.3, -0.25) is 24.0 Å². The van der Waals surface area contributed by atoms with Crippen LogP contribution in [0.15, 0.2) is 0 Å². The second kappa shape index (κ2) is 11.9. The summed E-state index contributed by atoms with van der Waals surface area (Å²) in [6.45, 7) is 4.02. The van der Waals surface area contributed by atoms with E-state index in [9.17, 15) is 29.1 Å². The number of aliphatic hydroxyl groups is 1. The molecule has 0 saturated carbocycles. The van der Waals surface area contributed by atoms with Crippen molar-refractivity contribution in [2.45, 2.75) is 57.8 Å². The van der Waals surface area contributed by atoms with E-state index in [4.69, 9.17) is 16.6 Å². The minimum atomic E-state index is -1.42. The second-order valence-electron chi connectivity index (χ2n) is 6.78. The van der Waals surface area contributed by atoms with Crippen molar-refractivity contribution < 1.29 is 34.2 Å². The zero-order chi connectivity index (χ0) is 22.0. The molecular weight excluding hydrogens is 374 g/mol. The number of carbonyl (C=O) groups is 5. The zero-order valence-electron chi connectivity index (χ0n) is 16.1. The number of rotatable bonds is 12. The second-order valence-corrected chi connectivity index (χ2v) is 6.78. The normalized spacial score (nSPS) is 15.1. The average Bonchev–Trinajstić information content (AvgIpc) is 2.57. The van der Waals surface area contributed by atoms with E-state index in [2.05, 4.69) is 16.0 Å². The van der Waals surface area contributed by atoms with Crippen molar-refractivity contribution in [3.8, 4) is 0 Å². The van der Waals surface area contributed by atoms with Gasteiger partial charge < -0.3 is 37.6 Å².